The van der Waals surface area contributed by atoms with Crippen molar-refractivity contribution in [2.75, 3.05) is 26.2 Å². The number of β-amino-alcohol motifs (C(OH)–C–C–N with tert-alkyl or cyclic N) is 1. The van der Waals surface area contributed by atoms with Crippen LogP contribution >= 0.6 is 11.3 Å². The van der Waals surface area contributed by atoms with Crippen molar-refractivity contribution in [2.45, 2.75) is 19.1 Å². The van der Waals surface area contributed by atoms with Gasteiger partial charge >= 0.3 is 0 Å². The highest BCUT2D eigenvalue weighted by molar-refractivity contribution is 7.09. The van der Waals surface area contributed by atoms with Crippen LogP contribution in [-0.4, -0.2) is 41.2 Å². The number of morpholine rings is 1. The third-order valence-electron chi connectivity index (χ3n) is 3.73. The van der Waals surface area contributed by atoms with E-state index in [1.54, 1.807) is 23.5 Å². The van der Waals surface area contributed by atoms with Crippen LogP contribution in [0.25, 0.3) is 0 Å². The number of rotatable bonds is 4. The predicted molar refractivity (Wildman–Crippen MR) is 83.3 cm³/mol. The standard InChI is InChI=1S/C16H19FN2O2S/c1-11-10-22-16(18-11)15-9-19(5-6-21-15)8-14(20)12-3-2-4-13(17)7-12/h2-4,7,10,14-15,20H,5-6,8-9H2,1H3/t14-,15+/m1/s1. The molecule has 0 spiro atoms. The summed E-state index contributed by atoms with van der Waals surface area (Å²) in [7, 11) is 0. The van der Waals surface area contributed by atoms with Crippen molar-refractivity contribution in [1.29, 1.82) is 0 Å². The highest BCUT2D eigenvalue weighted by atomic mass is 32.1. The number of benzene rings is 1. The molecule has 22 heavy (non-hydrogen) atoms. The van der Waals surface area contributed by atoms with Gasteiger partial charge in [0.25, 0.3) is 0 Å². The molecule has 0 amide bonds. The molecule has 2 atom stereocenters. The summed E-state index contributed by atoms with van der Waals surface area (Å²) in [5.41, 5.74) is 1.61. The van der Waals surface area contributed by atoms with Crippen LogP contribution in [0.15, 0.2) is 29.6 Å². The molecule has 0 saturated carbocycles. The molecular weight excluding hydrogens is 303 g/mol. The Kier molecular flexibility index (Phi) is 4.83. The lowest BCUT2D eigenvalue weighted by Gasteiger charge is -2.33. The quantitative estimate of drug-likeness (QED) is 0.940. The normalized spacial score (nSPS) is 21.0. The second kappa shape index (κ2) is 6.83. The van der Waals surface area contributed by atoms with Gasteiger partial charge in [-0.25, -0.2) is 9.37 Å². The summed E-state index contributed by atoms with van der Waals surface area (Å²) in [5.74, 6) is -0.324. The molecule has 6 heteroatoms. The number of hydrogen-bond donors (Lipinski definition) is 1. The third kappa shape index (κ3) is 3.70. The SMILES string of the molecule is Cc1csc([C@@H]2CN(C[C@@H](O)c3cccc(F)c3)CCO2)n1. The fraction of sp³-hybridized carbons (Fsp3) is 0.438. The lowest BCUT2D eigenvalue weighted by atomic mass is 10.1. The van der Waals surface area contributed by atoms with Gasteiger partial charge in [-0.15, -0.1) is 11.3 Å². The van der Waals surface area contributed by atoms with E-state index >= 15 is 0 Å². The van der Waals surface area contributed by atoms with Gasteiger partial charge in [-0.3, -0.25) is 4.90 Å². The van der Waals surface area contributed by atoms with Gasteiger partial charge < -0.3 is 9.84 Å². The fourth-order valence-corrected chi connectivity index (χ4v) is 3.44. The van der Waals surface area contributed by atoms with E-state index in [0.29, 0.717) is 25.3 Å². The number of ether oxygens (including phenoxy) is 1. The first-order valence-electron chi connectivity index (χ1n) is 7.31. The zero-order valence-corrected chi connectivity index (χ0v) is 13.2. The van der Waals surface area contributed by atoms with E-state index in [2.05, 4.69) is 9.88 Å². The molecule has 1 aliphatic heterocycles. The molecule has 0 aliphatic carbocycles. The number of thiazole rings is 1. The molecule has 4 nitrogen and oxygen atoms in total. The van der Waals surface area contributed by atoms with E-state index in [9.17, 15) is 9.50 Å². The minimum atomic E-state index is -0.701. The number of aryl methyl sites for hydroxylation is 1. The number of aromatic nitrogens is 1. The first kappa shape index (κ1) is 15.6. The molecule has 1 aromatic heterocycles. The Labute approximate surface area is 133 Å². The summed E-state index contributed by atoms with van der Waals surface area (Å²) >= 11 is 1.60. The van der Waals surface area contributed by atoms with Gasteiger partial charge in [0.2, 0.25) is 0 Å². The zero-order valence-electron chi connectivity index (χ0n) is 12.4. The molecule has 0 unspecified atom stereocenters. The van der Waals surface area contributed by atoms with E-state index in [-0.39, 0.29) is 11.9 Å². The molecule has 1 saturated heterocycles. The molecule has 1 fully saturated rings. The van der Waals surface area contributed by atoms with Crippen LogP contribution in [0.2, 0.25) is 0 Å². The topological polar surface area (TPSA) is 45.6 Å². The van der Waals surface area contributed by atoms with Crippen molar-refractivity contribution < 1.29 is 14.2 Å². The second-order valence-corrected chi connectivity index (χ2v) is 6.41. The maximum atomic E-state index is 13.2. The van der Waals surface area contributed by atoms with Crippen molar-refractivity contribution >= 4 is 11.3 Å². The Hall–Kier alpha value is -1.34. The van der Waals surface area contributed by atoms with Crippen molar-refractivity contribution in [3.63, 3.8) is 0 Å². The highest BCUT2D eigenvalue weighted by Crippen LogP contribution is 2.26. The van der Waals surface area contributed by atoms with Gasteiger partial charge in [0.15, 0.2) is 0 Å². The summed E-state index contributed by atoms with van der Waals surface area (Å²) in [5, 5.41) is 13.3. The van der Waals surface area contributed by atoms with E-state index in [1.807, 2.05) is 12.3 Å². The summed E-state index contributed by atoms with van der Waals surface area (Å²) in [6, 6.07) is 6.13. The minimum absolute atomic E-state index is 0.0489. The maximum absolute atomic E-state index is 13.2. The molecule has 2 heterocycles. The lowest BCUT2D eigenvalue weighted by Crippen LogP contribution is -2.40. The number of aliphatic hydroxyl groups is 1. The van der Waals surface area contributed by atoms with E-state index in [4.69, 9.17) is 4.74 Å². The maximum Gasteiger partial charge on any atom is 0.123 e. The summed E-state index contributed by atoms with van der Waals surface area (Å²) in [6.45, 7) is 4.49. The van der Waals surface area contributed by atoms with Crippen molar-refractivity contribution in [3.8, 4) is 0 Å². The average Bonchev–Trinajstić information content (AvgIpc) is 2.94. The summed E-state index contributed by atoms with van der Waals surface area (Å²) in [6.07, 6.45) is -0.750. The fourth-order valence-electron chi connectivity index (χ4n) is 2.60. The first-order chi connectivity index (χ1) is 10.6. The van der Waals surface area contributed by atoms with Gasteiger partial charge in [0, 0.05) is 30.7 Å². The molecule has 2 aromatic rings. The van der Waals surface area contributed by atoms with Crippen molar-refractivity contribution in [3.05, 3.63) is 51.7 Å². The molecule has 0 bridgehead atoms. The molecule has 1 aromatic carbocycles. The molecular formula is C16H19FN2O2S. The van der Waals surface area contributed by atoms with Gasteiger partial charge in [0.05, 0.1) is 12.7 Å². The Morgan fingerprint density at radius 2 is 2.41 bits per heavy atom. The molecule has 1 aliphatic rings. The lowest BCUT2D eigenvalue weighted by molar-refractivity contribution is -0.0425. The zero-order chi connectivity index (χ0) is 15.5. The van der Waals surface area contributed by atoms with E-state index < -0.39 is 6.10 Å². The monoisotopic (exact) mass is 322 g/mol. The molecule has 1 N–H and O–H groups in total. The Morgan fingerprint density at radius 1 is 1.55 bits per heavy atom. The Bertz CT molecular complexity index is 634. The van der Waals surface area contributed by atoms with Gasteiger partial charge in [0.1, 0.15) is 16.9 Å². The third-order valence-corrected chi connectivity index (χ3v) is 4.78. The summed E-state index contributed by atoms with van der Waals surface area (Å²) < 4.78 is 19.0. The number of aliphatic hydroxyl groups excluding tert-OH is 1. The van der Waals surface area contributed by atoms with Gasteiger partial charge in [-0.05, 0) is 24.6 Å². The van der Waals surface area contributed by atoms with Crippen LogP contribution in [0.5, 0.6) is 0 Å². The largest absolute Gasteiger partial charge is 0.387 e. The van der Waals surface area contributed by atoms with Crippen LogP contribution in [0, 0.1) is 12.7 Å². The Morgan fingerprint density at radius 3 is 3.14 bits per heavy atom. The van der Waals surface area contributed by atoms with Crippen LogP contribution in [0.4, 0.5) is 4.39 Å². The van der Waals surface area contributed by atoms with Crippen LogP contribution in [0.1, 0.15) is 28.5 Å². The minimum Gasteiger partial charge on any atom is -0.387 e. The highest BCUT2D eigenvalue weighted by Gasteiger charge is 2.25. The molecule has 0 radical (unpaired) electrons. The predicted octanol–water partition coefficient (Wildman–Crippen LogP) is 2.70. The summed E-state index contributed by atoms with van der Waals surface area (Å²) in [4.78, 5) is 6.61. The van der Waals surface area contributed by atoms with Crippen LogP contribution in [0.3, 0.4) is 0 Å². The molecule has 3 rings (SSSR count). The number of nitrogens with zero attached hydrogens (tertiary/aromatic N) is 2. The van der Waals surface area contributed by atoms with Crippen LogP contribution in [-0.2, 0) is 4.74 Å². The number of halogens is 1. The smallest absolute Gasteiger partial charge is 0.123 e. The number of hydrogen-bond acceptors (Lipinski definition) is 5. The van der Waals surface area contributed by atoms with E-state index in [0.717, 1.165) is 17.2 Å². The first-order valence-corrected chi connectivity index (χ1v) is 8.19. The van der Waals surface area contributed by atoms with Gasteiger partial charge in [-0.1, -0.05) is 12.1 Å². The van der Waals surface area contributed by atoms with Crippen LogP contribution < -0.4 is 0 Å². The van der Waals surface area contributed by atoms with E-state index in [1.165, 1.54) is 12.1 Å². The Balaban J connectivity index is 1.62. The van der Waals surface area contributed by atoms with Crippen molar-refractivity contribution in [1.82, 2.24) is 9.88 Å². The average molecular weight is 322 g/mol. The van der Waals surface area contributed by atoms with Crippen molar-refractivity contribution in [2.24, 2.45) is 0 Å². The molecule has 118 valence electrons. The second-order valence-electron chi connectivity index (χ2n) is 5.52. The van der Waals surface area contributed by atoms with Gasteiger partial charge in [-0.2, -0.15) is 0 Å².